The Morgan fingerprint density at radius 3 is 1.85 bits per heavy atom. The van der Waals surface area contributed by atoms with Crippen molar-refractivity contribution in [2.45, 2.75) is 77.9 Å². The second-order valence-corrected chi connectivity index (χ2v) is 8.06. The van der Waals surface area contributed by atoms with Gasteiger partial charge in [-0.2, -0.15) is 8.78 Å². The first kappa shape index (κ1) is 22.3. The highest BCUT2D eigenvalue weighted by atomic mass is 19.3. The first-order valence-corrected chi connectivity index (χ1v) is 8.82. The number of carboxylic acids is 1. The van der Waals surface area contributed by atoms with Gasteiger partial charge in [-0.05, 0) is 39.5 Å². The van der Waals surface area contributed by atoms with Crippen molar-refractivity contribution >= 4 is 17.9 Å². The molecule has 0 aromatic carbocycles. The maximum absolute atomic E-state index is 13.9. The van der Waals surface area contributed by atoms with Crippen molar-refractivity contribution in [3.05, 3.63) is 0 Å². The van der Waals surface area contributed by atoms with E-state index in [0.29, 0.717) is 25.7 Å². The topological polar surface area (TPSA) is 89.9 Å². The third-order valence-electron chi connectivity index (χ3n) is 4.27. The predicted octanol–water partition coefficient (Wildman–Crippen LogP) is 3.42. The molecule has 1 rings (SSSR count). The third-order valence-corrected chi connectivity index (χ3v) is 4.27. The number of esters is 2. The molecule has 0 radical (unpaired) electrons. The highest BCUT2D eigenvalue weighted by Crippen LogP contribution is 2.35. The normalized spacial score (nSPS) is 22.6. The lowest BCUT2D eigenvalue weighted by Gasteiger charge is -2.33. The Morgan fingerprint density at radius 2 is 1.46 bits per heavy atom. The molecule has 1 N–H and O–H groups in total. The Morgan fingerprint density at radius 1 is 1.00 bits per heavy atom. The van der Waals surface area contributed by atoms with Gasteiger partial charge < -0.3 is 14.6 Å². The van der Waals surface area contributed by atoms with E-state index in [1.807, 2.05) is 0 Å². The zero-order valence-electron chi connectivity index (χ0n) is 15.9. The van der Waals surface area contributed by atoms with Crippen LogP contribution in [-0.4, -0.2) is 40.6 Å². The smallest absolute Gasteiger partial charge is 0.378 e. The lowest BCUT2D eigenvalue weighted by molar-refractivity contribution is -0.203. The minimum atomic E-state index is -4.21. The van der Waals surface area contributed by atoms with Gasteiger partial charge in [-0.15, -0.1) is 0 Å². The number of carboxylic acid groups (broad SMARTS) is 1. The van der Waals surface area contributed by atoms with Gasteiger partial charge in [0.15, 0.2) is 6.10 Å². The molecule has 26 heavy (non-hydrogen) atoms. The fourth-order valence-electron chi connectivity index (χ4n) is 3.04. The average Bonchev–Trinajstić information content (AvgIpc) is 2.50. The molecule has 0 aromatic heterocycles. The van der Waals surface area contributed by atoms with E-state index in [0.717, 1.165) is 0 Å². The number of rotatable bonds is 6. The summed E-state index contributed by atoms with van der Waals surface area (Å²) in [6.45, 7) is 7.79. The standard InChI is InChI=1S/C18H28F2O6/c1-10(2)13(18(19,20)16(23)24)25-14(21)11-8-6-7-9-12(11)15(22)26-17(3,4)5/h10-13H,6-9H2,1-5H3,(H,23,24). The van der Waals surface area contributed by atoms with E-state index < -0.39 is 53.3 Å². The van der Waals surface area contributed by atoms with Gasteiger partial charge in [0, 0.05) is 0 Å². The summed E-state index contributed by atoms with van der Waals surface area (Å²) >= 11 is 0. The zero-order valence-corrected chi connectivity index (χ0v) is 15.9. The highest BCUT2D eigenvalue weighted by molar-refractivity contribution is 5.83. The van der Waals surface area contributed by atoms with Crippen molar-refractivity contribution in [3.63, 3.8) is 0 Å². The van der Waals surface area contributed by atoms with Gasteiger partial charge in [0.25, 0.3) is 0 Å². The molecule has 0 bridgehead atoms. The number of hydrogen-bond donors (Lipinski definition) is 1. The molecule has 1 fully saturated rings. The fourth-order valence-corrected chi connectivity index (χ4v) is 3.04. The number of alkyl halides is 2. The minimum absolute atomic E-state index is 0.312. The minimum Gasteiger partial charge on any atom is -0.477 e. The molecule has 150 valence electrons. The van der Waals surface area contributed by atoms with Crippen LogP contribution >= 0.6 is 0 Å². The second kappa shape index (κ2) is 8.31. The summed E-state index contributed by atoms with van der Waals surface area (Å²) in [5.74, 6) is -10.7. The summed E-state index contributed by atoms with van der Waals surface area (Å²) in [6.07, 6.45) is -0.0238. The summed E-state index contributed by atoms with van der Waals surface area (Å²) in [5, 5.41) is 8.74. The number of carbonyl (C=O) groups excluding carboxylic acids is 2. The fraction of sp³-hybridized carbons (Fsp3) is 0.833. The van der Waals surface area contributed by atoms with Gasteiger partial charge in [0.1, 0.15) is 5.60 Å². The Balaban J connectivity index is 2.96. The lowest BCUT2D eigenvalue weighted by atomic mass is 9.79. The predicted molar refractivity (Wildman–Crippen MR) is 88.6 cm³/mol. The number of carbonyl (C=O) groups is 3. The molecule has 1 aliphatic rings. The van der Waals surface area contributed by atoms with Crippen molar-refractivity contribution in [3.8, 4) is 0 Å². The van der Waals surface area contributed by atoms with E-state index in [9.17, 15) is 23.2 Å². The van der Waals surface area contributed by atoms with E-state index in [4.69, 9.17) is 14.6 Å². The molecule has 6 nitrogen and oxygen atoms in total. The second-order valence-electron chi connectivity index (χ2n) is 8.06. The summed E-state index contributed by atoms with van der Waals surface area (Å²) in [4.78, 5) is 35.7. The molecule has 3 unspecified atom stereocenters. The number of halogens is 2. The van der Waals surface area contributed by atoms with Gasteiger partial charge in [-0.25, -0.2) is 4.79 Å². The van der Waals surface area contributed by atoms with Crippen molar-refractivity contribution < 1.29 is 37.7 Å². The Labute approximate surface area is 152 Å². The molecule has 1 saturated carbocycles. The van der Waals surface area contributed by atoms with Crippen molar-refractivity contribution in [2.24, 2.45) is 17.8 Å². The zero-order chi connectivity index (χ0) is 20.3. The largest absolute Gasteiger partial charge is 0.477 e. The number of hydrogen-bond acceptors (Lipinski definition) is 5. The molecule has 3 atom stereocenters. The lowest BCUT2D eigenvalue weighted by Crippen LogP contribution is -2.49. The summed E-state index contributed by atoms with van der Waals surface area (Å²) in [7, 11) is 0. The van der Waals surface area contributed by atoms with E-state index >= 15 is 0 Å². The van der Waals surface area contributed by atoms with Gasteiger partial charge in [0.2, 0.25) is 0 Å². The van der Waals surface area contributed by atoms with Crippen LogP contribution in [0.2, 0.25) is 0 Å². The van der Waals surface area contributed by atoms with Crippen molar-refractivity contribution in [2.75, 3.05) is 0 Å². The Hall–Kier alpha value is -1.73. The average molecular weight is 378 g/mol. The molecule has 0 aromatic rings. The van der Waals surface area contributed by atoms with E-state index in [1.54, 1.807) is 20.8 Å². The number of aliphatic carboxylic acids is 1. The van der Waals surface area contributed by atoms with Crippen LogP contribution in [0.25, 0.3) is 0 Å². The molecular formula is C18H28F2O6. The van der Waals surface area contributed by atoms with Crippen LogP contribution in [0.3, 0.4) is 0 Å². The maximum atomic E-state index is 13.9. The van der Waals surface area contributed by atoms with Crippen LogP contribution < -0.4 is 0 Å². The molecule has 0 amide bonds. The molecule has 0 spiro atoms. The van der Waals surface area contributed by atoms with Gasteiger partial charge in [-0.3, -0.25) is 9.59 Å². The van der Waals surface area contributed by atoms with Gasteiger partial charge in [-0.1, -0.05) is 26.7 Å². The number of ether oxygens (including phenoxy) is 2. The summed E-state index contributed by atoms with van der Waals surface area (Å²) in [5.41, 5.74) is -0.736. The first-order chi connectivity index (χ1) is 11.8. The quantitative estimate of drug-likeness (QED) is 0.712. The molecule has 0 heterocycles. The monoisotopic (exact) mass is 378 g/mol. The SMILES string of the molecule is CC(C)C(OC(=O)C1CCCCC1C(=O)OC(C)(C)C)C(F)(F)C(=O)O. The van der Waals surface area contributed by atoms with E-state index in [1.165, 1.54) is 13.8 Å². The van der Waals surface area contributed by atoms with E-state index in [2.05, 4.69) is 0 Å². The van der Waals surface area contributed by atoms with Gasteiger partial charge in [0.05, 0.1) is 11.8 Å². The van der Waals surface area contributed by atoms with Crippen LogP contribution in [0.15, 0.2) is 0 Å². The molecule has 8 heteroatoms. The Bertz CT molecular complexity index is 538. The van der Waals surface area contributed by atoms with Crippen LogP contribution in [0, 0.1) is 17.8 Å². The molecule has 0 aliphatic heterocycles. The van der Waals surface area contributed by atoms with Crippen LogP contribution in [0.4, 0.5) is 8.78 Å². The summed E-state index contributed by atoms with van der Waals surface area (Å²) < 4.78 is 38.0. The Kier molecular flexibility index (Phi) is 7.13. The summed E-state index contributed by atoms with van der Waals surface area (Å²) in [6, 6.07) is 0. The molecular weight excluding hydrogens is 350 g/mol. The molecule has 1 aliphatic carbocycles. The highest BCUT2D eigenvalue weighted by Gasteiger charge is 2.52. The van der Waals surface area contributed by atoms with Crippen LogP contribution in [0.5, 0.6) is 0 Å². The maximum Gasteiger partial charge on any atom is 0.378 e. The van der Waals surface area contributed by atoms with Crippen molar-refractivity contribution in [1.29, 1.82) is 0 Å². The van der Waals surface area contributed by atoms with Crippen LogP contribution in [-0.2, 0) is 23.9 Å². The van der Waals surface area contributed by atoms with E-state index in [-0.39, 0.29) is 0 Å². The first-order valence-electron chi connectivity index (χ1n) is 8.82. The van der Waals surface area contributed by atoms with Crippen molar-refractivity contribution in [1.82, 2.24) is 0 Å². The molecule has 0 saturated heterocycles. The van der Waals surface area contributed by atoms with Gasteiger partial charge >= 0.3 is 23.8 Å². The third kappa shape index (κ3) is 5.64. The van der Waals surface area contributed by atoms with Crippen LogP contribution in [0.1, 0.15) is 60.3 Å².